The van der Waals surface area contributed by atoms with Gasteiger partial charge in [0.2, 0.25) is 0 Å². The van der Waals surface area contributed by atoms with Crippen molar-refractivity contribution in [3.63, 3.8) is 0 Å². The van der Waals surface area contributed by atoms with Crippen molar-refractivity contribution in [2.75, 3.05) is 0 Å². The van der Waals surface area contributed by atoms with Crippen molar-refractivity contribution in [3.8, 4) is 11.5 Å². The Morgan fingerprint density at radius 2 is 1.77 bits per heavy atom. The van der Waals surface area contributed by atoms with Crippen LogP contribution in [0.5, 0.6) is 11.5 Å². The van der Waals surface area contributed by atoms with Gasteiger partial charge < -0.3 is 9.84 Å². The van der Waals surface area contributed by atoms with Gasteiger partial charge in [0.25, 0.3) is 15.9 Å². The molecule has 0 atom stereocenters. The Labute approximate surface area is 160 Å². The first kappa shape index (κ1) is 20.3. The summed E-state index contributed by atoms with van der Waals surface area (Å²) in [5.74, 6) is -2.37. The molecular weight excluding hydrogens is 490 g/mol. The molecule has 0 fully saturated rings. The first-order valence-electron chi connectivity index (χ1n) is 6.79. The van der Waals surface area contributed by atoms with Gasteiger partial charge >= 0.3 is 6.36 Å². The van der Waals surface area contributed by atoms with E-state index in [1.54, 1.807) is 34.2 Å². The molecule has 0 spiro atoms. The Hall–Kier alpha value is -2.02. The number of carbonyl (C=O) groups excluding carboxylic acids is 1. The molecule has 2 rings (SSSR count). The Balaban J connectivity index is 2.25. The molecule has 2 aromatic rings. The number of aryl methyl sites for hydroxylation is 1. The van der Waals surface area contributed by atoms with Crippen LogP contribution in [0.4, 0.5) is 13.2 Å². The zero-order valence-corrected chi connectivity index (χ0v) is 15.9. The van der Waals surface area contributed by atoms with Gasteiger partial charge in [-0.25, -0.2) is 13.1 Å². The van der Waals surface area contributed by atoms with E-state index < -0.39 is 38.7 Å². The van der Waals surface area contributed by atoms with E-state index in [1.165, 1.54) is 12.1 Å². The fourth-order valence-electron chi connectivity index (χ4n) is 1.95. The van der Waals surface area contributed by atoms with Crippen molar-refractivity contribution >= 4 is 38.5 Å². The van der Waals surface area contributed by atoms with E-state index in [4.69, 9.17) is 0 Å². The normalized spacial score (nSPS) is 11.9. The topological polar surface area (TPSA) is 95.5 Å². The van der Waals surface area contributed by atoms with Gasteiger partial charge in [0.05, 0.1) is 4.90 Å². The zero-order valence-electron chi connectivity index (χ0n) is 12.9. The maximum atomic E-state index is 12.2. The summed E-state index contributed by atoms with van der Waals surface area (Å²) in [4.78, 5) is 11.7. The number of alkyl halides is 3. The van der Waals surface area contributed by atoms with Gasteiger partial charge in [-0.2, -0.15) is 0 Å². The molecule has 0 radical (unpaired) electrons. The lowest BCUT2D eigenvalue weighted by molar-refractivity contribution is -0.274. The van der Waals surface area contributed by atoms with Gasteiger partial charge in [0.15, 0.2) is 0 Å². The second-order valence-electron chi connectivity index (χ2n) is 5.08. The lowest BCUT2D eigenvalue weighted by atomic mass is 10.1. The fourth-order valence-corrected chi connectivity index (χ4v) is 3.70. The fraction of sp³-hybridized carbons (Fsp3) is 0.133. The maximum absolute atomic E-state index is 12.2. The molecule has 26 heavy (non-hydrogen) atoms. The molecule has 2 aromatic carbocycles. The molecule has 6 nitrogen and oxygen atoms in total. The van der Waals surface area contributed by atoms with E-state index in [-0.39, 0.29) is 9.13 Å². The number of hydrogen-bond donors (Lipinski definition) is 1. The van der Waals surface area contributed by atoms with Crippen LogP contribution in [-0.4, -0.2) is 20.7 Å². The number of benzene rings is 2. The van der Waals surface area contributed by atoms with Crippen molar-refractivity contribution in [3.05, 3.63) is 51.1 Å². The second kappa shape index (κ2) is 7.31. The van der Waals surface area contributed by atoms with Crippen molar-refractivity contribution in [1.82, 2.24) is 4.72 Å². The highest BCUT2D eigenvalue weighted by Gasteiger charge is 2.31. The van der Waals surface area contributed by atoms with Crippen LogP contribution in [0.1, 0.15) is 15.9 Å². The summed E-state index contributed by atoms with van der Waals surface area (Å²) in [5, 5.41) is 12.0. The highest BCUT2D eigenvalue weighted by Crippen LogP contribution is 2.25. The van der Waals surface area contributed by atoms with Gasteiger partial charge in [-0.05, 0) is 71.5 Å². The number of halogens is 4. The predicted octanol–water partition coefficient (Wildman–Crippen LogP) is 2.69. The lowest BCUT2D eigenvalue weighted by Crippen LogP contribution is -2.31. The first-order chi connectivity index (χ1) is 11.9. The third-order valence-electron chi connectivity index (χ3n) is 3.03. The molecule has 0 aliphatic heterocycles. The smallest absolute Gasteiger partial charge is 0.573 e. The Bertz CT molecular complexity index is 943. The van der Waals surface area contributed by atoms with Crippen LogP contribution < -0.4 is 14.6 Å². The molecule has 1 amide bonds. The summed E-state index contributed by atoms with van der Waals surface area (Å²) in [5.41, 5.74) is 0.236. The first-order valence-corrected chi connectivity index (χ1v) is 9.35. The van der Waals surface area contributed by atoms with Crippen LogP contribution in [0, 0.1) is 10.5 Å². The van der Waals surface area contributed by atoms with Crippen molar-refractivity contribution in [1.29, 1.82) is 0 Å². The minimum Gasteiger partial charge on any atom is -0.871 e. The molecule has 0 unspecified atom stereocenters. The molecule has 0 aliphatic rings. The molecule has 0 saturated heterocycles. The van der Waals surface area contributed by atoms with Crippen LogP contribution in [0.2, 0.25) is 0 Å². The van der Waals surface area contributed by atoms with Crippen molar-refractivity contribution in [2.24, 2.45) is 0 Å². The summed E-state index contributed by atoms with van der Waals surface area (Å²) >= 11 is 1.72. The molecule has 1 N–H and O–H groups in total. The van der Waals surface area contributed by atoms with Gasteiger partial charge in [0.1, 0.15) is 5.75 Å². The molecule has 0 aromatic heterocycles. The Kier molecular flexibility index (Phi) is 5.70. The largest absolute Gasteiger partial charge is 0.871 e. The number of ether oxygens (including phenoxy) is 1. The summed E-state index contributed by atoms with van der Waals surface area (Å²) < 4.78 is 66.3. The van der Waals surface area contributed by atoms with Crippen LogP contribution >= 0.6 is 22.6 Å². The van der Waals surface area contributed by atoms with E-state index in [1.807, 2.05) is 0 Å². The van der Waals surface area contributed by atoms with E-state index in [2.05, 4.69) is 4.74 Å². The standard InChI is InChI=1S/C15H11F3INO5S/c1-8-6-11(13(21)12(19)7-8)14(22)20-26(23,24)10-4-2-9(3-5-10)25-15(16,17)18/h2-7,21H,1H3,(H,20,22)/p-1. The molecule has 0 bridgehead atoms. The van der Waals surface area contributed by atoms with E-state index >= 15 is 0 Å². The third-order valence-corrected chi connectivity index (χ3v) is 5.18. The summed E-state index contributed by atoms with van der Waals surface area (Å²) in [6.07, 6.45) is -4.92. The summed E-state index contributed by atoms with van der Waals surface area (Å²) in [6, 6.07) is 6.05. The maximum Gasteiger partial charge on any atom is 0.573 e. The van der Waals surface area contributed by atoms with Crippen LogP contribution in [0.25, 0.3) is 0 Å². The van der Waals surface area contributed by atoms with Crippen LogP contribution in [0.3, 0.4) is 0 Å². The van der Waals surface area contributed by atoms with Crippen LogP contribution in [0.15, 0.2) is 41.3 Å². The van der Waals surface area contributed by atoms with Gasteiger partial charge in [0, 0.05) is 9.13 Å². The molecule has 0 saturated carbocycles. The number of rotatable bonds is 4. The van der Waals surface area contributed by atoms with Crippen molar-refractivity contribution < 1.29 is 36.2 Å². The monoisotopic (exact) mass is 500 g/mol. The average Bonchev–Trinajstić information content (AvgIpc) is 2.49. The number of carbonyl (C=O) groups is 1. The molecular formula is C15H10F3INO5S-. The number of hydrogen-bond acceptors (Lipinski definition) is 5. The second-order valence-corrected chi connectivity index (χ2v) is 7.92. The van der Waals surface area contributed by atoms with E-state index in [9.17, 15) is 31.5 Å². The zero-order chi connectivity index (χ0) is 19.7. The molecule has 140 valence electrons. The Morgan fingerprint density at radius 3 is 2.31 bits per heavy atom. The van der Waals surface area contributed by atoms with Crippen LogP contribution in [-0.2, 0) is 10.0 Å². The van der Waals surface area contributed by atoms with Crippen molar-refractivity contribution in [2.45, 2.75) is 18.2 Å². The molecule has 11 heteroatoms. The Morgan fingerprint density at radius 1 is 1.19 bits per heavy atom. The molecule has 0 aliphatic carbocycles. The quantitative estimate of drug-likeness (QED) is 0.652. The minimum atomic E-state index is -4.92. The van der Waals surface area contributed by atoms with Gasteiger partial charge in [-0.1, -0.05) is 5.75 Å². The lowest BCUT2D eigenvalue weighted by Gasteiger charge is -2.16. The van der Waals surface area contributed by atoms with Gasteiger partial charge in [-0.3, -0.25) is 4.79 Å². The summed E-state index contributed by atoms with van der Waals surface area (Å²) in [6.45, 7) is 1.63. The SMILES string of the molecule is Cc1cc(I)c([O-])c(C(=O)NS(=O)(=O)c2ccc(OC(F)(F)F)cc2)c1. The number of sulfonamides is 1. The highest BCUT2D eigenvalue weighted by atomic mass is 127. The number of amides is 1. The number of nitrogens with one attached hydrogen (secondary N) is 1. The highest BCUT2D eigenvalue weighted by molar-refractivity contribution is 14.1. The predicted molar refractivity (Wildman–Crippen MR) is 91.1 cm³/mol. The third kappa shape index (κ3) is 5.00. The molecule has 0 heterocycles. The summed E-state index contributed by atoms with van der Waals surface area (Å²) in [7, 11) is -4.39. The minimum absolute atomic E-state index is 0.249. The van der Waals surface area contributed by atoms with Gasteiger partial charge in [-0.15, -0.1) is 13.2 Å². The van der Waals surface area contributed by atoms with E-state index in [0.29, 0.717) is 5.56 Å². The van der Waals surface area contributed by atoms with E-state index in [0.717, 1.165) is 24.3 Å². The average molecular weight is 500 g/mol.